The molecule has 0 amide bonds. The lowest BCUT2D eigenvalue weighted by molar-refractivity contribution is 0.140. The van der Waals surface area contributed by atoms with Crippen LogP contribution in [0, 0.1) is 6.92 Å². The van der Waals surface area contributed by atoms with Gasteiger partial charge in [0.1, 0.15) is 11.9 Å². The lowest BCUT2D eigenvalue weighted by Gasteiger charge is -2.16. The molecule has 1 aliphatic rings. The van der Waals surface area contributed by atoms with Gasteiger partial charge < -0.3 is 20.1 Å². The minimum absolute atomic E-state index is 0.145. The lowest BCUT2D eigenvalue weighted by atomic mass is 10.1. The van der Waals surface area contributed by atoms with Gasteiger partial charge in [0.15, 0.2) is 5.96 Å². The summed E-state index contributed by atoms with van der Waals surface area (Å²) in [5.74, 6) is 1.69. The van der Waals surface area contributed by atoms with Gasteiger partial charge in [-0.2, -0.15) is 0 Å². The van der Waals surface area contributed by atoms with E-state index in [0.717, 1.165) is 36.8 Å². The van der Waals surface area contributed by atoms with Gasteiger partial charge in [0.2, 0.25) is 0 Å². The van der Waals surface area contributed by atoms with Crippen LogP contribution in [0.25, 0.3) is 0 Å². The van der Waals surface area contributed by atoms with Crippen molar-refractivity contribution in [3.63, 3.8) is 0 Å². The Balaban J connectivity index is 2.08. The van der Waals surface area contributed by atoms with E-state index in [1.807, 2.05) is 13.0 Å². The smallest absolute Gasteiger partial charge is 0.191 e. The Morgan fingerprint density at radius 3 is 3.04 bits per heavy atom. The summed E-state index contributed by atoms with van der Waals surface area (Å²) < 4.78 is 11.5. The molecule has 2 N–H and O–H groups in total. The van der Waals surface area contributed by atoms with Gasteiger partial charge >= 0.3 is 0 Å². The maximum atomic E-state index is 6.11. The van der Waals surface area contributed by atoms with Gasteiger partial charge in [0.05, 0.1) is 19.8 Å². The average molecular weight is 317 g/mol. The van der Waals surface area contributed by atoms with Crippen molar-refractivity contribution in [2.45, 2.75) is 32.9 Å². The normalized spacial score (nSPS) is 17.8. The zero-order chi connectivity index (χ0) is 16.5. The molecule has 1 unspecified atom stereocenters. The van der Waals surface area contributed by atoms with E-state index in [9.17, 15) is 0 Å². The molecule has 1 heterocycles. The molecule has 23 heavy (non-hydrogen) atoms. The molecule has 0 bridgehead atoms. The monoisotopic (exact) mass is 317 g/mol. The summed E-state index contributed by atoms with van der Waals surface area (Å²) in [5, 5.41) is 6.43. The van der Waals surface area contributed by atoms with E-state index in [-0.39, 0.29) is 6.10 Å². The number of guanidine groups is 1. The molecule has 126 valence electrons. The summed E-state index contributed by atoms with van der Waals surface area (Å²) in [6.45, 7) is 11.3. The number of hydrogen-bond donors (Lipinski definition) is 2. The maximum Gasteiger partial charge on any atom is 0.191 e. The lowest BCUT2D eigenvalue weighted by Crippen LogP contribution is -2.37. The molecule has 0 spiro atoms. The number of aryl methyl sites for hydroxylation is 1. The fourth-order valence-corrected chi connectivity index (χ4v) is 2.36. The third kappa shape index (κ3) is 5.60. The summed E-state index contributed by atoms with van der Waals surface area (Å²) in [4.78, 5) is 4.62. The van der Waals surface area contributed by atoms with Crippen LogP contribution in [0.3, 0.4) is 0 Å². The Morgan fingerprint density at radius 2 is 2.35 bits per heavy atom. The molecule has 1 aliphatic heterocycles. The molecule has 2 rings (SSSR count). The first-order chi connectivity index (χ1) is 11.2. The molecule has 1 aromatic rings. The van der Waals surface area contributed by atoms with Crippen LogP contribution >= 0.6 is 0 Å². The molecule has 0 radical (unpaired) electrons. The van der Waals surface area contributed by atoms with Crippen LogP contribution < -0.4 is 15.4 Å². The van der Waals surface area contributed by atoms with Gasteiger partial charge in [-0.1, -0.05) is 18.2 Å². The molecular formula is C18H27N3O2. The van der Waals surface area contributed by atoms with E-state index in [2.05, 4.69) is 47.3 Å². The molecule has 1 fully saturated rings. The van der Waals surface area contributed by atoms with E-state index in [1.165, 1.54) is 5.56 Å². The van der Waals surface area contributed by atoms with Crippen LogP contribution in [0.1, 0.15) is 24.5 Å². The molecule has 5 nitrogen and oxygen atoms in total. The van der Waals surface area contributed by atoms with Crippen molar-refractivity contribution < 1.29 is 9.47 Å². The Labute approximate surface area is 138 Å². The van der Waals surface area contributed by atoms with E-state index in [4.69, 9.17) is 9.47 Å². The maximum absolute atomic E-state index is 6.11. The van der Waals surface area contributed by atoms with Crippen LogP contribution in [-0.2, 0) is 11.3 Å². The molecular weight excluding hydrogens is 290 g/mol. The van der Waals surface area contributed by atoms with Gasteiger partial charge in [-0.05, 0) is 25.5 Å². The predicted molar refractivity (Wildman–Crippen MR) is 94.0 cm³/mol. The Hall–Kier alpha value is -2.01. The number of rotatable bonds is 7. The quantitative estimate of drug-likeness (QED) is 0.461. The minimum Gasteiger partial charge on any atom is -0.488 e. The highest BCUT2D eigenvalue weighted by atomic mass is 16.5. The summed E-state index contributed by atoms with van der Waals surface area (Å²) in [7, 11) is 0. The van der Waals surface area contributed by atoms with Gasteiger partial charge in [-0.3, -0.25) is 0 Å². The average Bonchev–Trinajstić information content (AvgIpc) is 3.04. The van der Waals surface area contributed by atoms with Crippen LogP contribution in [0.2, 0.25) is 0 Å². The SMILES string of the molecule is C=CCNC(=NCc1ccc(C)cc1OC1CCOC1)NCC. The van der Waals surface area contributed by atoms with Crippen molar-refractivity contribution in [3.8, 4) is 5.75 Å². The van der Waals surface area contributed by atoms with Crippen molar-refractivity contribution >= 4 is 5.96 Å². The zero-order valence-corrected chi connectivity index (χ0v) is 14.1. The Kier molecular flexibility index (Phi) is 6.94. The molecule has 0 aromatic heterocycles. The fraction of sp³-hybridized carbons (Fsp3) is 0.500. The van der Waals surface area contributed by atoms with Crippen LogP contribution in [0.4, 0.5) is 0 Å². The minimum atomic E-state index is 0.145. The number of benzene rings is 1. The summed E-state index contributed by atoms with van der Waals surface area (Å²) in [6, 6.07) is 6.25. The van der Waals surface area contributed by atoms with Crippen molar-refractivity contribution in [2.24, 2.45) is 4.99 Å². The number of aliphatic imine (C=N–C) groups is 1. The highest BCUT2D eigenvalue weighted by molar-refractivity contribution is 5.79. The molecule has 1 atom stereocenters. The van der Waals surface area contributed by atoms with Gasteiger partial charge in [-0.25, -0.2) is 4.99 Å². The number of nitrogens with zero attached hydrogens (tertiary/aromatic N) is 1. The molecule has 0 aliphatic carbocycles. The van der Waals surface area contributed by atoms with Crippen LogP contribution in [0.15, 0.2) is 35.8 Å². The Bertz CT molecular complexity index is 537. The summed E-state index contributed by atoms with van der Waals surface area (Å²) in [6.07, 6.45) is 2.90. The van der Waals surface area contributed by atoms with Crippen molar-refractivity contribution in [1.29, 1.82) is 0 Å². The first kappa shape index (κ1) is 17.3. The predicted octanol–water partition coefficient (Wildman–Crippen LogP) is 2.40. The van der Waals surface area contributed by atoms with Gasteiger partial charge in [-0.15, -0.1) is 6.58 Å². The van der Waals surface area contributed by atoms with E-state index < -0.39 is 0 Å². The third-order valence-electron chi connectivity index (χ3n) is 3.57. The third-order valence-corrected chi connectivity index (χ3v) is 3.57. The number of nitrogens with one attached hydrogen (secondary N) is 2. The van der Waals surface area contributed by atoms with E-state index in [1.54, 1.807) is 0 Å². The van der Waals surface area contributed by atoms with Crippen molar-refractivity contribution in [1.82, 2.24) is 10.6 Å². The highest BCUT2D eigenvalue weighted by Crippen LogP contribution is 2.24. The fourth-order valence-electron chi connectivity index (χ4n) is 2.36. The summed E-state index contributed by atoms with van der Waals surface area (Å²) in [5.41, 5.74) is 2.27. The highest BCUT2D eigenvalue weighted by Gasteiger charge is 2.18. The summed E-state index contributed by atoms with van der Waals surface area (Å²) >= 11 is 0. The second-order valence-corrected chi connectivity index (χ2v) is 5.58. The van der Waals surface area contributed by atoms with Crippen LogP contribution in [0.5, 0.6) is 5.75 Å². The van der Waals surface area contributed by atoms with Crippen molar-refractivity contribution in [2.75, 3.05) is 26.3 Å². The molecule has 5 heteroatoms. The topological polar surface area (TPSA) is 54.9 Å². The first-order valence-corrected chi connectivity index (χ1v) is 8.20. The van der Waals surface area contributed by atoms with Crippen LogP contribution in [-0.4, -0.2) is 38.4 Å². The number of ether oxygens (including phenoxy) is 2. The Morgan fingerprint density at radius 1 is 1.48 bits per heavy atom. The number of hydrogen-bond acceptors (Lipinski definition) is 3. The molecule has 1 saturated heterocycles. The van der Waals surface area contributed by atoms with Crippen molar-refractivity contribution in [3.05, 3.63) is 42.0 Å². The van der Waals surface area contributed by atoms with E-state index in [0.29, 0.717) is 19.7 Å². The second-order valence-electron chi connectivity index (χ2n) is 5.58. The molecule has 0 saturated carbocycles. The van der Waals surface area contributed by atoms with E-state index >= 15 is 0 Å². The zero-order valence-electron chi connectivity index (χ0n) is 14.1. The first-order valence-electron chi connectivity index (χ1n) is 8.20. The largest absolute Gasteiger partial charge is 0.488 e. The van der Waals surface area contributed by atoms with Gasteiger partial charge in [0, 0.05) is 25.1 Å². The standard InChI is InChI=1S/C18H27N3O2/c1-4-9-20-18(19-5-2)21-12-15-7-6-14(3)11-17(15)23-16-8-10-22-13-16/h4,6-7,11,16H,1,5,8-10,12-13H2,2-3H3,(H2,19,20,21). The second kappa shape index (κ2) is 9.20. The van der Waals surface area contributed by atoms with Gasteiger partial charge in [0.25, 0.3) is 0 Å². The molecule has 1 aromatic carbocycles.